The number of likely N-dealkylation sites (N-methyl/N-ethyl adjacent to an activating group) is 1. The minimum absolute atomic E-state index is 0.0763. The quantitative estimate of drug-likeness (QED) is 0.748. The van der Waals surface area contributed by atoms with Crippen molar-refractivity contribution in [1.82, 2.24) is 9.80 Å². The van der Waals surface area contributed by atoms with Crippen LogP contribution in [0.4, 0.5) is 0 Å². The van der Waals surface area contributed by atoms with Gasteiger partial charge in [-0.15, -0.1) is 0 Å². The summed E-state index contributed by atoms with van der Waals surface area (Å²) in [6.07, 6.45) is 9.62. The number of amides is 1. The van der Waals surface area contributed by atoms with Gasteiger partial charge in [-0.1, -0.05) is 26.2 Å². The third-order valence-corrected chi connectivity index (χ3v) is 5.30. The summed E-state index contributed by atoms with van der Waals surface area (Å²) in [7, 11) is 0. The molecule has 0 bridgehead atoms. The molecule has 21 heavy (non-hydrogen) atoms. The van der Waals surface area contributed by atoms with Gasteiger partial charge in [-0.05, 0) is 45.6 Å². The molecule has 0 spiro atoms. The first-order valence-electron chi connectivity index (χ1n) is 8.91. The summed E-state index contributed by atoms with van der Waals surface area (Å²) in [5.74, 6) is 0.312. The van der Waals surface area contributed by atoms with E-state index < -0.39 is 0 Å². The lowest BCUT2D eigenvalue weighted by atomic mass is 9.80. The summed E-state index contributed by atoms with van der Waals surface area (Å²) in [5.41, 5.74) is 6.24. The maximum absolute atomic E-state index is 12.7. The van der Waals surface area contributed by atoms with Crippen LogP contribution in [-0.4, -0.2) is 53.5 Å². The predicted octanol–water partition coefficient (Wildman–Crippen LogP) is 2.37. The molecule has 2 rings (SSSR count). The minimum Gasteiger partial charge on any atom is -0.339 e. The van der Waals surface area contributed by atoms with E-state index in [0.29, 0.717) is 25.0 Å². The zero-order chi connectivity index (χ0) is 15.3. The molecule has 2 aliphatic rings. The van der Waals surface area contributed by atoms with E-state index in [0.717, 1.165) is 32.4 Å². The van der Waals surface area contributed by atoms with Crippen molar-refractivity contribution < 1.29 is 4.79 Å². The molecule has 0 aromatic rings. The Kier molecular flexibility index (Phi) is 6.06. The number of rotatable bonds is 8. The van der Waals surface area contributed by atoms with Crippen molar-refractivity contribution in [2.24, 2.45) is 5.73 Å². The molecule has 0 radical (unpaired) electrons. The van der Waals surface area contributed by atoms with E-state index in [1.54, 1.807) is 0 Å². The molecule has 0 atom stereocenters. The molecule has 2 fully saturated rings. The van der Waals surface area contributed by atoms with Crippen LogP contribution < -0.4 is 5.73 Å². The highest BCUT2D eigenvalue weighted by Crippen LogP contribution is 2.34. The van der Waals surface area contributed by atoms with Gasteiger partial charge in [0.25, 0.3) is 0 Å². The maximum atomic E-state index is 12.7. The van der Waals surface area contributed by atoms with Crippen molar-refractivity contribution >= 4 is 5.91 Å². The van der Waals surface area contributed by atoms with Crippen molar-refractivity contribution in [1.29, 1.82) is 0 Å². The van der Waals surface area contributed by atoms with E-state index in [9.17, 15) is 4.79 Å². The Bertz CT molecular complexity index is 335. The van der Waals surface area contributed by atoms with Gasteiger partial charge in [-0.2, -0.15) is 0 Å². The molecule has 0 aromatic carbocycles. The van der Waals surface area contributed by atoms with Gasteiger partial charge in [0.2, 0.25) is 5.91 Å². The van der Waals surface area contributed by atoms with Gasteiger partial charge in [0.1, 0.15) is 0 Å². The molecule has 0 saturated heterocycles. The SMILES string of the molecule is CCCN(CC(=O)N(CC)C1CC1)C1(CN)CCCCC1. The van der Waals surface area contributed by atoms with E-state index in [1.807, 2.05) is 0 Å². The van der Waals surface area contributed by atoms with Crippen molar-refractivity contribution in [3.8, 4) is 0 Å². The van der Waals surface area contributed by atoms with Crippen molar-refractivity contribution in [3.05, 3.63) is 0 Å². The molecule has 2 N–H and O–H groups in total. The molecule has 1 amide bonds. The number of nitrogens with two attached hydrogens (primary N) is 1. The Morgan fingerprint density at radius 2 is 1.86 bits per heavy atom. The lowest BCUT2D eigenvalue weighted by molar-refractivity contribution is -0.135. The predicted molar refractivity (Wildman–Crippen MR) is 87.1 cm³/mol. The van der Waals surface area contributed by atoms with Crippen molar-refractivity contribution in [3.63, 3.8) is 0 Å². The second-order valence-corrected chi connectivity index (χ2v) is 6.82. The van der Waals surface area contributed by atoms with Gasteiger partial charge in [0, 0.05) is 24.7 Å². The van der Waals surface area contributed by atoms with E-state index in [-0.39, 0.29) is 5.54 Å². The third-order valence-electron chi connectivity index (χ3n) is 5.30. The van der Waals surface area contributed by atoms with Crippen LogP contribution >= 0.6 is 0 Å². The fraction of sp³-hybridized carbons (Fsp3) is 0.941. The minimum atomic E-state index is 0.0763. The lowest BCUT2D eigenvalue weighted by Gasteiger charge is -2.46. The highest BCUT2D eigenvalue weighted by molar-refractivity contribution is 5.79. The van der Waals surface area contributed by atoms with E-state index in [4.69, 9.17) is 5.73 Å². The fourth-order valence-electron chi connectivity index (χ4n) is 3.89. The van der Waals surface area contributed by atoms with Crippen LogP contribution in [0, 0.1) is 0 Å². The zero-order valence-electron chi connectivity index (χ0n) is 13.9. The van der Waals surface area contributed by atoms with Crippen LogP contribution in [0.25, 0.3) is 0 Å². The summed E-state index contributed by atoms with van der Waals surface area (Å²) in [6.45, 7) is 7.39. The molecular formula is C17H33N3O. The van der Waals surface area contributed by atoms with Crippen LogP contribution in [0.15, 0.2) is 0 Å². The largest absolute Gasteiger partial charge is 0.339 e. The summed E-state index contributed by atoms with van der Waals surface area (Å²) in [5, 5.41) is 0. The fourth-order valence-corrected chi connectivity index (χ4v) is 3.89. The Morgan fingerprint density at radius 3 is 2.33 bits per heavy atom. The first-order valence-corrected chi connectivity index (χ1v) is 8.91. The Hall–Kier alpha value is -0.610. The average molecular weight is 295 g/mol. The number of hydrogen-bond acceptors (Lipinski definition) is 3. The molecule has 0 heterocycles. The van der Waals surface area contributed by atoms with E-state index in [2.05, 4.69) is 23.6 Å². The van der Waals surface area contributed by atoms with Crippen molar-refractivity contribution in [2.45, 2.75) is 76.8 Å². The standard InChI is InChI=1S/C17H33N3O/c1-3-12-19(17(14-18)10-6-5-7-11-17)13-16(21)20(4-2)15-8-9-15/h15H,3-14,18H2,1-2H3. The summed E-state index contributed by atoms with van der Waals surface area (Å²) in [6, 6.07) is 0.520. The summed E-state index contributed by atoms with van der Waals surface area (Å²) in [4.78, 5) is 17.2. The van der Waals surface area contributed by atoms with Crippen LogP contribution in [0.2, 0.25) is 0 Å². The normalized spacial score (nSPS) is 21.5. The highest BCUT2D eigenvalue weighted by atomic mass is 16.2. The zero-order valence-corrected chi connectivity index (χ0v) is 13.9. The molecule has 2 aliphatic carbocycles. The summed E-state index contributed by atoms with van der Waals surface area (Å²) < 4.78 is 0. The topological polar surface area (TPSA) is 49.6 Å². The van der Waals surface area contributed by atoms with Crippen LogP contribution in [0.5, 0.6) is 0 Å². The van der Waals surface area contributed by atoms with Gasteiger partial charge in [0.05, 0.1) is 6.54 Å². The van der Waals surface area contributed by atoms with Gasteiger partial charge in [0.15, 0.2) is 0 Å². The molecule has 2 saturated carbocycles. The van der Waals surface area contributed by atoms with Gasteiger partial charge in [-0.3, -0.25) is 9.69 Å². The Morgan fingerprint density at radius 1 is 1.19 bits per heavy atom. The Balaban J connectivity index is 2.04. The van der Waals surface area contributed by atoms with E-state index >= 15 is 0 Å². The summed E-state index contributed by atoms with van der Waals surface area (Å²) >= 11 is 0. The second kappa shape index (κ2) is 7.59. The molecule has 4 heteroatoms. The monoisotopic (exact) mass is 295 g/mol. The molecule has 0 unspecified atom stereocenters. The van der Waals surface area contributed by atoms with E-state index in [1.165, 1.54) is 32.1 Å². The Labute approximate surface area is 130 Å². The maximum Gasteiger partial charge on any atom is 0.237 e. The third kappa shape index (κ3) is 3.98. The van der Waals surface area contributed by atoms with Crippen molar-refractivity contribution in [2.75, 3.05) is 26.2 Å². The average Bonchev–Trinajstić information content (AvgIpc) is 3.33. The molecule has 0 aliphatic heterocycles. The molecule has 122 valence electrons. The van der Waals surface area contributed by atoms with Gasteiger partial charge >= 0.3 is 0 Å². The van der Waals surface area contributed by atoms with Crippen LogP contribution in [0.3, 0.4) is 0 Å². The number of hydrogen-bond donors (Lipinski definition) is 1. The van der Waals surface area contributed by atoms with Gasteiger partial charge in [-0.25, -0.2) is 0 Å². The number of carbonyl (C=O) groups excluding carboxylic acids is 1. The van der Waals surface area contributed by atoms with Gasteiger partial charge < -0.3 is 10.6 Å². The molecule has 0 aromatic heterocycles. The van der Waals surface area contributed by atoms with Crippen LogP contribution in [-0.2, 0) is 4.79 Å². The number of carbonyl (C=O) groups is 1. The second-order valence-electron chi connectivity index (χ2n) is 6.82. The lowest BCUT2D eigenvalue weighted by Crippen LogP contribution is -2.58. The smallest absolute Gasteiger partial charge is 0.237 e. The first kappa shape index (κ1) is 16.8. The number of nitrogens with zero attached hydrogens (tertiary/aromatic N) is 2. The first-order chi connectivity index (χ1) is 10.2. The van der Waals surface area contributed by atoms with Crippen LogP contribution in [0.1, 0.15) is 65.2 Å². The highest BCUT2D eigenvalue weighted by Gasteiger charge is 2.39. The molecule has 4 nitrogen and oxygen atoms in total. The molecular weight excluding hydrogens is 262 g/mol.